The SMILES string of the molecule is O=C(O)CC1CCC2(C1)SCC(CO)S2. The van der Waals surface area contributed by atoms with Gasteiger partial charge in [-0.15, -0.1) is 23.5 Å². The summed E-state index contributed by atoms with van der Waals surface area (Å²) in [6.45, 7) is 0.253. The van der Waals surface area contributed by atoms with Gasteiger partial charge in [-0.05, 0) is 25.2 Å². The van der Waals surface area contributed by atoms with Gasteiger partial charge < -0.3 is 10.2 Å². The second-order valence-corrected chi connectivity index (χ2v) is 7.70. The van der Waals surface area contributed by atoms with Crippen LogP contribution in [0.1, 0.15) is 25.7 Å². The molecular formula is C10H16O3S2. The smallest absolute Gasteiger partial charge is 0.303 e. The zero-order valence-corrected chi connectivity index (χ0v) is 10.1. The maximum absolute atomic E-state index is 10.6. The fraction of sp³-hybridized carbons (Fsp3) is 0.900. The first kappa shape index (κ1) is 11.6. The fourth-order valence-corrected chi connectivity index (χ4v) is 6.26. The summed E-state index contributed by atoms with van der Waals surface area (Å²) < 4.78 is 0.230. The van der Waals surface area contributed by atoms with E-state index in [1.807, 2.05) is 23.5 Å². The van der Waals surface area contributed by atoms with Crippen LogP contribution >= 0.6 is 23.5 Å². The largest absolute Gasteiger partial charge is 0.481 e. The lowest BCUT2D eigenvalue weighted by Crippen LogP contribution is -2.14. The Hall–Kier alpha value is 0.130. The molecule has 1 saturated carbocycles. The van der Waals surface area contributed by atoms with E-state index in [0.717, 1.165) is 25.0 Å². The number of aliphatic carboxylic acids is 1. The molecule has 86 valence electrons. The van der Waals surface area contributed by atoms with Gasteiger partial charge in [-0.2, -0.15) is 0 Å². The molecule has 1 aliphatic carbocycles. The van der Waals surface area contributed by atoms with Crippen molar-refractivity contribution in [2.24, 2.45) is 5.92 Å². The summed E-state index contributed by atoms with van der Waals surface area (Å²) in [5.41, 5.74) is 0. The van der Waals surface area contributed by atoms with Crippen LogP contribution in [0.25, 0.3) is 0 Å². The molecule has 1 heterocycles. The molecule has 1 spiro atoms. The second kappa shape index (κ2) is 4.55. The summed E-state index contributed by atoms with van der Waals surface area (Å²) in [6, 6.07) is 0. The van der Waals surface area contributed by atoms with Gasteiger partial charge in [-0.3, -0.25) is 4.79 Å². The normalized spacial score (nSPS) is 40.1. The first-order valence-electron chi connectivity index (χ1n) is 5.28. The minimum Gasteiger partial charge on any atom is -0.481 e. The molecule has 3 nitrogen and oxygen atoms in total. The predicted molar refractivity (Wildman–Crippen MR) is 63.2 cm³/mol. The summed E-state index contributed by atoms with van der Waals surface area (Å²) in [6.07, 6.45) is 3.46. The number of rotatable bonds is 3. The molecule has 15 heavy (non-hydrogen) atoms. The zero-order chi connectivity index (χ0) is 10.9. The highest BCUT2D eigenvalue weighted by molar-refractivity contribution is 8.21. The lowest BCUT2D eigenvalue weighted by atomic mass is 10.1. The number of hydrogen-bond acceptors (Lipinski definition) is 4. The maximum Gasteiger partial charge on any atom is 0.303 e. The Kier molecular flexibility index (Phi) is 3.52. The van der Waals surface area contributed by atoms with Crippen molar-refractivity contribution in [3.8, 4) is 0 Å². The van der Waals surface area contributed by atoms with Gasteiger partial charge in [-0.1, -0.05) is 0 Å². The van der Waals surface area contributed by atoms with Crippen LogP contribution in [0.4, 0.5) is 0 Å². The quantitative estimate of drug-likeness (QED) is 0.797. The molecule has 2 N–H and O–H groups in total. The minimum absolute atomic E-state index is 0.230. The molecule has 2 rings (SSSR count). The fourth-order valence-electron chi connectivity index (χ4n) is 2.43. The highest BCUT2D eigenvalue weighted by atomic mass is 32.2. The Bertz CT molecular complexity index is 259. The van der Waals surface area contributed by atoms with Crippen LogP contribution in [0.5, 0.6) is 0 Å². The van der Waals surface area contributed by atoms with E-state index >= 15 is 0 Å². The Morgan fingerprint density at radius 2 is 2.33 bits per heavy atom. The first-order valence-corrected chi connectivity index (χ1v) is 7.14. The third kappa shape index (κ3) is 2.63. The van der Waals surface area contributed by atoms with Crippen LogP contribution < -0.4 is 0 Å². The number of carboxylic acids is 1. The standard InChI is InChI=1S/C10H16O3S2/c11-5-8-6-14-10(15-8)2-1-7(4-10)3-9(12)13/h7-8,11H,1-6H2,(H,12,13). The highest BCUT2D eigenvalue weighted by Gasteiger charge is 2.46. The Balaban J connectivity index is 1.89. The summed E-state index contributed by atoms with van der Waals surface area (Å²) in [4.78, 5) is 10.6. The Morgan fingerprint density at radius 3 is 2.93 bits per heavy atom. The molecule has 3 atom stereocenters. The van der Waals surface area contributed by atoms with Crippen molar-refractivity contribution in [2.75, 3.05) is 12.4 Å². The van der Waals surface area contributed by atoms with Crippen molar-refractivity contribution in [3.05, 3.63) is 0 Å². The van der Waals surface area contributed by atoms with E-state index in [0.29, 0.717) is 17.6 Å². The molecule has 5 heteroatoms. The molecule has 2 aliphatic rings. The van der Waals surface area contributed by atoms with Crippen molar-refractivity contribution in [2.45, 2.75) is 35.0 Å². The molecule has 1 aliphatic heterocycles. The van der Waals surface area contributed by atoms with Crippen LogP contribution in [-0.4, -0.2) is 37.9 Å². The molecule has 0 aromatic heterocycles. The maximum atomic E-state index is 10.6. The van der Waals surface area contributed by atoms with Crippen molar-refractivity contribution >= 4 is 29.5 Å². The van der Waals surface area contributed by atoms with E-state index in [-0.39, 0.29) is 10.7 Å². The molecule has 2 fully saturated rings. The Labute approximate surface area is 98.0 Å². The Morgan fingerprint density at radius 1 is 1.53 bits per heavy atom. The first-order chi connectivity index (χ1) is 7.13. The topological polar surface area (TPSA) is 57.5 Å². The number of aliphatic hydroxyl groups is 1. The molecule has 1 saturated heterocycles. The van der Waals surface area contributed by atoms with Crippen molar-refractivity contribution in [1.29, 1.82) is 0 Å². The second-order valence-electron chi connectivity index (χ2n) is 4.35. The van der Waals surface area contributed by atoms with Gasteiger partial charge in [0.2, 0.25) is 0 Å². The third-order valence-corrected chi connectivity index (χ3v) is 6.88. The third-order valence-electron chi connectivity index (χ3n) is 3.11. The van der Waals surface area contributed by atoms with Gasteiger partial charge >= 0.3 is 5.97 Å². The van der Waals surface area contributed by atoms with E-state index in [1.54, 1.807) is 0 Å². The van der Waals surface area contributed by atoms with Crippen LogP contribution in [-0.2, 0) is 4.79 Å². The van der Waals surface area contributed by atoms with Gasteiger partial charge in [-0.25, -0.2) is 0 Å². The average molecular weight is 248 g/mol. The van der Waals surface area contributed by atoms with Crippen LogP contribution in [0.2, 0.25) is 0 Å². The lowest BCUT2D eigenvalue weighted by molar-refractivity contribution is -0.138. The van der Waals surface area contributed by atoms with Gasteiger partial charge in [0.05, 0.1) is 10.7 Å². The molecule has 0 aromatic carbocycles. The number of thioether (sulfide) groups is 2. The predicted octanol–water partition coefficient (Wildman–Crippen LogP) is 1.80. The van der Waals surface area contributed by atoms with Crippen molar-refractivity contribution in [1.82, 2.24) is 0 Å². The molecule has 0 bridgehead atoms. The molecule has 0 aromatic rings. The molecular weight excluding hydrogens is 232 g/mol. The van der Waals surface area contributed by atoms with Gasteiger partial charge in [0.25, 0.3) is 0 Å². The van der Waals surface area contributed by atoms with E-state index in [2.05, 4.69) is 0 Å². The van der Waals surface area contributed by atoms with Gasteiger partial charge in [0, 0.05) is 17.4 Å². The number of hydrogen-bond donors (Lipinski definition) is 2. The summed E-state index contributed by atoms with van der Waals surface area (Å²) in [7, 11) is 0. The van der Waals surface area contributed by atoms with E-state index in [4.69, 9.17) is 10.2 Å². The van der Waals surface area contributed by atoms with Crippen LogP contribution in [0.15, 0.2) is 0 Å². The van der Waals surface area contributed by atoms with Gasteiger partial charge in [0.15, 0.2) is 0 Å². The average Bonchev–Trinajstić information content (AvgIpc) is 2.74. The van der Waals surface area contributed by atoms with E-state index < -0.39 is 5.97 Å². The van der Waals surface area contributed by atoms with Crippen molar-refractivity contribution in [3.63, 3.8) is 0 Å². The number of aliphatic hydroxyl groups excluding tert-OH is 1. The summed E-state index contributed by atoms with van der Waals surface area (Å²) >= 11 is 3.80. The minimum atomic E-state index is -0.677. The zero-order valence-electron chi connectivity index (χ0n) is 8.52. The molecule has 3 unspecified atom stereocenters. The highest BCUT2D eigenvalue weighted by Crippen LogP contribution is 2.58. The summed E-state index contributed by atoms with van der Waals surface area (Å²) in [5.74, 6) is 0.685. The number of carbonyl (C=O) groups is 1. The van der Waals surface area contributed by atoms with E-state index in [9.17, 15) is 4.79 Å². The van der Waals surface area contributed by atoms with Crippen LogP contribution in [0.3, 0.4) is 0 Å². The van der Waals surface area contributed by atoms with Crippen LogP contribution in [0, 0.1) is 5.92 Å². The number of carboxylic acid groups (broad SMARTS) is 1. The van der Waals surface area contributed by atoms with Crippen molar-refractivity contribution < 1.29 is 15.0 Å². The van der Waals surface area contributed by atoms with E-state index in [1.165, 1.54) is 0 Å². The van der Waals surface area contributed by atoms with Gasteiger partial charge in [0.1, 0.15) is 0 Å². The monoisotopic (exact) mass is 248 g/mol. The molecule has 0 amide bonds. The lowest BCUT2D eigenvalue weighted by Gasteiger charge is -2.21. The summed E-state index contributed by atoms with van der Waals surface area (Å²) in [5, 5.41) is 18.2. The molecule has 0 radical (unpaired) electrons.